The fraction of sp³-hybridized carbons (Fsp3) is 0.333. The summed E-state index contributed by atoms with van der Waals surface area (Å²) in [5, 5.41) is 13.7. The summed E-state index contributed by atoms with van der Waals surface area (Å²) < 4.78 is 14.2. The second kappa shape index (κ2) is 7.48. The van der Waals surface area contributed by atoms with E-state index in [2.05, 4.69) is 5.32 Å². The summed E-state index contributed by atoms with van der Waals surface area (Å²) in [6.07, 6.45) is 0.265. The average molecular weight is 370 g/mol. The topological polar surface area (TPSA) is 69.6 Å². The Balaban J connectivity index is 2.07. The summed E-state index contributed by atoms with van der Waals surface area (Å²) in [6, 6.07) is 13.7. The van der Waals surface area contributed by atoms with Crippen molar-refractivity contribution in [3.63, 3.8) is 0 Å². The molecule has 2 aromatic carbocycles. The number of aliphatic hydroxyl groups is 1. The van der Waals surface area contributed by atoms with E-state index in [-0.39, 0.29) is 24.4 Å². The first kappa shape index (κ1) is 19.0. The number of carbonyl (C=O) groups excluding carboxylic acids is 2. The molecule has 6 heteroatoms. The van der Waals surface area contributed by atoms with Gasteiger partial charge in [-0.3, -0.25) is 9.59 Å². The molecule has 0 spiro atoms. The van der Waals surface area contributed by atoms with Gasteiger partial charge in [0.25, 0.3) is 5.91 Å². The maximum absolute atomic E-state index is 14.2. The van der Waals surface area contributed by atoms with Gasteiger partial charge in [0, 0.05) is 13.5 Å². The molecule has 2 aromatic rings. The van der Waals surface area contributed by atoms with Gasteiger partial charge in [-0.2, -0.15) is 0 Å². The number of benzene rings is 2. The molecule has 1 aliphatic heterocycles. The van der Waals surface area contributed by atoms with E-state index in [0.717, 1.165) is 5.56 Å². The van der Waals surface area contributed by atoms with Crippen LogP contribution < -0.4 is 5.32 Å². The highest BCUT2D eigenvalue weighted by atomic mass is 19.1. The van der Waals surface area contributed by atoms with E-state index < -0.39 is 29.4 Å². The van der Waals surface area contributed by atoms with Gasteiger partial charge in [0.1, 0.15) is 5.82 Å². The summed E-state index contributed by atoms with van der Waals surface area (Å²) in [6.45, 7) is 3.26. The van der Waals surface area contributed by atoms with Crippen LogP contribution in [0.2, 0.25) is 0 Å². The van der Waals surface area contributed by atoms with Gasteiger partial charge >= 0.3 is 0 Å². The maximum atomic E-state index is 14.2. The Kier molecular flexibility index (Phi) is 5.28. The third kappa shape index (κ3) is 3.85. The zero-order valence-electron chi connectivity index (χ0n) is 15.4. The van der Waals surface area contributed by atoms with Crippen LogP contribution in [-0.2, 0) is 4.79 Å². The molecule has 3 rings (SSSR count). The number of amides is 2. The van der Waals surface area contributed by atoms with Gasteiger partial charge in [-0.15, -0.1) is 0 Å². The summed E-state index contributed by atoms with van der Waals surface area (Å²) in [4.78, 5) is 26.5. The minimum atomic E-state index is -1.21. The molecular weight excluding hydrogens is 347 g/mol. The van der Waals surface area contributed by atoms with Crippen LogP contribution in [0.15, 0.2) is 54.6 Å². The number of halogens is 1. The van der Waals surface area contributed by atoms with E-state index >= 15 is 0 Å². The highest BCUT2D eigenvalue weighted by Crippen LogP contribution is 2.38. The number of rotatable bonds is 3. The quantitative estimate of drug-likeness (QED) is 0.873. The van der Waals surface area contributed by atoms with E-state index in [4.69, 9.17) is 0 Å². The minimum Gasteiger partial charge on any atom is -0.388 e. The second-order valence-electron chi connectivity index (χ2n) is 7.12. The lowest BCUT2D eigenvalue weighted by molar-refractivity contribution is -0.125. The Morgan fingerprint density at radius 1 is 1.15 bits per heavy atom. The lowest BCUT2D eigenvalue weighted by Gasteiger charge is -2.49. The van der Waals surface area contributed by atoms with Crippen molar-refractivity contribution in [2.45, 2.75) is 38.0 Å². The molecule has 2 amide bonds. The van der Waals surface area contributed by atoms with Crippen LogP contribution >= 0.6 is 0 Å². The van der Waals surface area contributed by atoms with Gasteiger partial charge in [-0.1, -0.05) is 42.5 Å². The molecule has 0 radical (unpaired) electrons. The third-order valence-corrected chi connectivity index (χ3v) is 5.05. The standard InChI is InChI=1S/C21H23FN2O3/c1-14(25)23-19-18(15-8-4-3-5-9-15)24(13-12-21(19,2)27)20(26)16-10-6-7-11-17(16)22/h3-11,18-19,27H,12-13H2,1-2H3,(H,23,25)/t18-,19-,21+/m0/s1. The molecular formula is C21H23FN2O3. The lowest BCUT2D eigenvalue weighted by atomic mass is 9.79. The molecule has 1 heterocycles. The Labute approximate surface area is 157 Å². The first-order valence-corrected chi connectivity index (χ1v) is 8.91. The van der Waals surface area contributed by atoms with Crippen LogP contribution in [0.4, 0.5) is 4.39 Å². The molecule has 5 nitrogen and oxygen atoms in total. The Morgan fingerprint density at radius 2 is 1.78 bits per heavy atom. The van der Waals surface area contributed by atoms with Gasteiger partial charge in [-0.05, 0) is 31.0 Å². The monoisotopic (exact) mass is 370 g/mol. The molecule has 1 saturated heterocycles. The van der Waals surface area contributed by atoms with Crippen molar-refractivity contribution in [1.29, 1.82) is 0 Å². The van der Waals surface area contributed by atoms with E-state index in [0.29, 0.717) is 0 Å². The summed E-state index contributed by atoms with van der Waals surface area (Å²) in [5.74, 6) is -1.36. The van der Waals surface area contributed by atoms with Crippen LogP contribution in [0, 0.1) is 5.82 Å². The summed E-state index contributed by atoms with van der Waals surface area (Å²) >= 11 is 0. The van der Waals surface area contributed by atoms with Crippen molar-refractivity contribution in [1.82, 2.24) is 10.2 Å². The number of hydrogen-bond acceptors (Lipinski definition) is 3. The largest absolute Gasteiger partial charge is 0.388 e. The molecule has 0 aromatic heterocycles. The highest BCUT2D eigenvalue weighted by Gasteiger charge is 2.47. The fourth-order valence-electron chi connectivity index (χ4n) is 3.65. The molecule has 1 aliphatic rings. The van der Waals surface area contributed by atoms with Gasteiger partial charge in [0.15, 0.2) is 0 Å². The number of carbonyl (C=O) groups is 2. The SMILES string of the molecule is CC(=O)N[C@H]1[C@H](c2ccccc2)N(C(=O)c2ccccc2F)CC[C@@]1(C)O. The molecule has 2 N–H and O–H groups in total. The number of nitrogens with zero attached hydrogens (tertiary/aromatic N) is 1. The molecule has 27 heavy (non-hydrogen) atoms. The smallest absolute Gasteiger partial charge is 0.257 e. The van der Waals surface area contributed by atoms with Crippen molar-refractivity contribution in [2.75, 3.05) is 6.54 Å². The van der Waals surface area contributed by atoms with E-state index in [1.165, 1.54) is 30.0 Å². The Hall–Kier alpha value is -2.73. The van der Waals surface area contributed by atoms with Crippen molar-refractivity contribution in [2.24, 2.45) is 0 Å². The zero-order chi connectivity index (χ0) is 19.6. The normalized spacial score (nSPS) is 25.1. The van der Waals surface area contributed by atoms with Gasteiger partial charge < -0.3 is 15.3 Å². The van der Waals surface area contributed by atoms with E-state index in [1.54, 1.807) is 13.0 Å². The predicted octanol–water partition coefficient (Wildman–Crippen LogP) is 2.67. The second-order valence-corrected chi connectivity index (χ2v) is 7.12. The molecule has 0 unspecified atom stereocenters. The van der Waals surface area contributed by atoms with Crippen LogP contribution in [0.5, 0.6) is 0 Å². The van der Waals surface area contributed by atoms with Gasteiger partial charge in [0.2, 0.25) is 5.91 Å². The Morgan fingerprint density at radius 3 is 2.41 bits per heavy atom. The fourth-order valence-corrected chi connectivity index (χ4v) is 3.65. The van der Waals surface area contributed by atoms with Gasteiger partial charge in [-0.25, -0.2) is 4.39 Å². The molecule has 0 saturated carbocycles. The lowest BCUT2D eigenvalue weighted by Crippen LogP contribution is -2.63. The summed E-state index contributed by atoms with van der Waals surface area (Å²) in [7, 11) is 0. The van der Waals surface area contributed by atoms with Crippen LogP contribution in [0.1, 0.15) is 42.2 Å². The van der Waals surface area contributed by atoms with Gasteiger partial charge in [0.05, 0.1) is 23.2 Å². The van der Waals surface area contributed by atoms with Crippen LogP contribution in [-0.4, -0.2) is 40.0 Å². The third-order valence-electron chi connectivity index (χ3n) is 5.05. The highest BCUT2D eigenvalue weighted by molar-refractivity contribution is 5.95. The molecule has 3 atom stereocenters. The number of likely N-dealkylation sites (tertiary alicyclic amines) is 1. The first-order chi connectivity index (χ1) is 12.8. The van der Waals surface area contributed by atoms with E-state index in [9.17, 15) is 19.1 Å². The van der Waals surface area contributed by atoms with Crippen molar-refractivity contribution >= 4 is 11.8 Å². The molecule has 0 aliphatic carbocycles. The molecule has 0 bridgehead atoms. The summed E-state index contributed by atoms with van der Waals surface area (Å²) in [5.41, 5.74) is -0.472. The Bertz CT molecular complexity index is 838. The number of piperidine rings is 1. The molecule has 142 valence electrons. The zero-order valence-corrected chi connectivity index (χ0v) is 15.4. The average Bonchev–Trinajstić information content (AvgIpc) is 2.63. The predicted molar refractivity (Wildman–Crippen MR) is 99.5 cm³/mol. The first-order valence-electron chi connectivity index (χ1n) is 8.91. The minimum absolute atomic E-state index is 0.0263. The van der Waals surface area contributed by atoms with Crippen LogP contribution in [0.3, 0.4) is 0 Å². The molecule has 1 fully saturated rings. The van der Waals surface area contributed by atoms with E-state index in [1.807, 2.05) is 30.3 Å². The van der Waals surface area contributed by atoms with Crippen molar-refractivity contribution < 1.29 is 19.1 Å². The maximum Gasteiger partial charge on any atom is 0.257 e. The number of hydrogen-bond donors (Lipinski definition) is 2. The van der Waals surface area contributed by atoms with Crippen molar-refractivity contribution in [3.8, 4) is 0 Å². The van der Waals surface area contributed by atoms with Crippen LogP contribution in [0.25, 0.3) is 0 Å². The van der Waals surface area contributed by atoms with Crippen molar-refractivity contribution in [3.05, 3.63) is 71.5 Å². The number of nitrogens with one attached hydrogen (secondary N) is 1.